The van der Waals surface area contributed by atoms with Gasteiger partial charge in [-0.1, -0.05) is 0 Å². The molecule has 0 saturated carbocycles. The van der Waals surface area contributed by atoms with Gasteiger partial charge in [-0.05, 0) is 38.1 Å². The van der Waals surface area contributed by atoms with E-state index in [-0.39, 0.29) is 11.9 Å². The van der Waals surface area contributed by atoms with Crippen LogP contribution >= 0.6 is 0 Å². The van der Waals surface area contributed by atoms with Crippen LogP contribution in [0, 0.1) is 0 Å². The fourth-order valence-electron chi connectivity index (χ4n) is 2.16. The van der Waals surface area contributed by atoms with Crippen molar-refractivity contribution in [2.45, 2.75) is 19.9 Å². The third-order valence-corrected chi connectivity index (χ3v) is 3.28. The van der Waals surface area contributed by atoms with Crippen LogP contribution in [0.5, 0.6) is 0 Å². The predicted molar refractivity (Wildman–Crippen MR) is 85.3 cm³/mol. The number of hydrogen-bond acceptors (Lipinski definition) is 5. The molecule has 1 saturated heterocycles. The number of amides is 4. The van der Waals surface area contributed by atoms with Crippen LogP contribution in [0.15, 0.2) is 24.3 Å². The van der Waals surface area contributed by atoms with E-state index in [1.807, 2.05) is 0 Å². The minimum absolute atomic E-state index is 0.284. The number of urea groups is 1. The zero-order valence-corrected chi connectivity index (χ0v) is 13.1. The summed E-state index contributed by atoms with van der Waals surface area (Å²) in [4.78, 5) is 36.2. The van der Waals surface area contributed by atoms with Gasteiger partial charge in [-0.2, -0.15) is 0 Å². The molecule has 23 heavy (non-hydrogen) atoms. The van der Waals surface area contributed by atoms with Crippen molar-refractivity contribution in [3.63, 3.8) is 0 Å². The van der Waals surface area contributed by atoms with Crippen molar-refractivity contribution < 1.29 is 19.1 Å². The molecule has 1 aromatic rings. The number of benzene rings is 1. The van der Waals surface area contributed by atoms with Crippen molar-refractivity contribution >= 4 is 29.4 Å². The van der Waals surface area contributed by atoms with Gasteiger partial charge in [-0.15, -0.1) is 0 Å². The van der Waals surface area contributed by atoms with Gasteiger partial charge < -0.3 is 15.4 Å². The molecule has 0 unspecified atom stereocenters. The lowest BCUT2D eigenvalue weighted by Crippen LogP contribution is -2.43. The molecule has 0 spiro atoms. The molecule has 0 bridgehead atoms. The molecule has 0 aromatic heterocycles. The summed E-state index contributed by atoms with van der Waals surface area (Å²) in [6.07, 6.45) is -0.517. The Bertz CT molecular complexity index is 588. The Morgan fingerprint density at radius 1 is 1.30 bits per heavy atom. The topological polar surface area (TPSA) is 99.8 Å². The molecule has 124 valence electrons. The van der Waals surface area contributed by atoms with E-state index in [9.17, 15) is 14.4 Å². The number of ether oxygens (including phenoxy) is 1. The summed E-state index contributed by atoms with van der Waals surface area (Å²) in [5.41, 5.74) is 1.30. The van der Waals surface area contributed by atoms with Gasteiger partial charge >= 0.3 is 12.1 Å². The summed E-state index contributed by atoms with van der Waals surface area (Å²) in [6.45, 7) is 4.58. The van der Waals surface area contributed by atoms with Crippen molar-refractivity contribution in [1.29, 1.82) is 0 Å². The minimum Gasteiger partial charge on any atom is -0.450 e. The molecular weight excluding hydrogens is 300 g/mol. The van der Waals surface area contributed by atoms with Crippen LogP contribution < -0.4 is 16.0 Å². The van der Waals surface area contributed by atoms with Gasteiger partial charge in [-0.25, -0.2) is 9.59 Å². The van der Waals surface area contributed by atoms with Gasteiger partial charge in [-0.3, -0.25) is 15.0 Å². The van der Waals surface area contributed by atoms with E-state index >= 15 is 0 Å². The summed E-state index contributed by atoms with van der Waals surface area (Å²) in [5, 5.41) is 8.20. The number of anilines is 2. The van der Waals surface area contributed by atoms with Gasteiger partial charge in [0.25, 0.3) is 5.91 Å². The second-order valence-corrected chi connectivity index (χ2v) is 5.01. The Balaban J connectivity index is 1.91. The molecule has 1 aliphatic heterocycles. The van der Waals surface area contributed by atoms with Crippen LogP contribution in [-0.4, -0.2) is 48.7 Å². The second kappa shape index (κ2) is 7.48. The van der Waals surface area contributed by atoms with Crippen molar-refractivity contribution in [3.8, 4) is 0 Å². The monoisotopic (exact) mass is 320 g/mol. The average molecular weight is 320 g/mol. The fraction of sp³-hybridized carbons (Fsp3) is 0.400. The third-order valence-electron chi connectivity index (χ3n) is 3.28. The predicted octanol–water partition coefficient (Wildman–Crippen LogP) is 1.61. The first kappa shape index (κ1) is 16.6. The maximum atomic E-state index is 12.2. The van der Waals surface area contributed by atoms with E-state index in [0.29, 0.717) is 31.1 Å². The van der Waals surface area contributed by atoms with E-state index in [1.54, 1.807) is 38.1 Å². The summed E-state index contributed by atoms with van der Waals surface area (Å²) in [7, 11) is 0. The van der Waals surface area contributed by atoms with E-state index in [2.05, 4.69) is 16.0 Å². The number of hydrogen-bond donors (Lipinski definition) is 3. The Morgan fingerprint density at radius 2 is 1.96 bits per heavy atom. The second-order valence-electron chi connectivity index (χ2n) is 5.01. The normalized spacial score (nSPS) is 14.9. The third kappa shape index (κ3) is 4.35. The Hall–Kier alpha value is -2.77. The number of imide groups is 1. The lowest BCUT2D eigenvalue weighted by Gasteiger charge is -2.19. The number of nitrogens with zero attached hydrogens (tertiary/aromatic N) is 1. The summed E-state index contributed by atoms with van der Waals surface area (Å²) >= 11 is 0. The van der Waals surface area contributed by atoms with Gasteiger partial charge in [0, 0.05) is 24.5 Å². The molecule has 8 nitrogen and oxygen atoms in total. The molecule has 1 aliphatic rings. The molecule has 1 fully saturated rings. The van der Waals surface area contributed by atoms with Crippen LogP contribution in [0.4, 0.5) is 21.0 Å². The summed E-state index contributed by atoms with van der Waals surface area (Å²) in [5.74, 6) is -0.284. The van der Waals surface area contributed by atoms with Crippen molar-refractivity contribution in [3.05, 3.63) is 24.3 Å². The summed E-state index contributed by atoms with van der Waals surface area (Å²) in [6, 6.07) is 5.95. The molecule has 1 heterocycles. The maximum absolute atomic E-state index is 12.2. The number of carbonyl (C=O) groups excluding carboxylic acids is 3. The highest BCUT2D eigenvalue weighted by molar-refractivity contribution is 5.99. The first-order chi connectivity index (χ1) is 11.0. The molecule has 4 amide bonds. The first-order valence-electron chi connectivity index (χ1n) is 7.41. The van der Waals surface area contributed by atoms with E-state index in [4.69, 9.17) is 4.74 Å². The highest BCUT2D eigenvalue weighted by Crippen LogP contribution is 2.15. The number of rotatable bonds is 5. The number of carbonyl (C=O) groups is 3. The van der Waals surface area contributed by atoms with Crippen molar-refractivity contribution in [2.75, 3.05) is 30.3 Å². The zero-order chi connectivity index (χ0) is 16.8. The largest absolute Gasteiger partial charge is 0.450 e. The minimum atomic E-state index is -0.539. The summed E-state index contributed by atoms with van der Waals surface area (Å²) < 4.78 is 4.79. The molecule has 1 aromatic carbocycles. The van der Waals surface area contributed by atoms with Gasteiger partial charge in [0.1, 0.15) is 6.04 Å². The fourth-order valence-corrected chi connectivity index (χ4v) is 2.16. The first-order valence-corrected chi connectivity index (χ1v) is 7.41. The van der Waals surface area contributed by atoms with Crippen LogP contribution in [0.1, 0.15) is 13.8 Å². The lowest BCUT2D eigenvalue weighted by molar-refractivity contribution is -0.128. The Labute approximate surface area is 134 Å². The van der Waals surface area contributed by atoms with Crippen LogP contribution in [0.2, 0.25) is 0 Å². The smallest absolute Gasteiger partial charge is 0.411 e. The van der Waals surface area contributed by atoms with E-state index in [0.717, 1.165) is 0 Å². The zero-order valence-electron chi connectivity index (χ0n) is 13.1. The molecule has 2 rings (SSSR count). The maximum Gasteiger partial charge on any atom is 0.411 e. The van der Waals surface area contributed by atoms with E-state index in [1.165, 1.54) is 4.90 Å². The van der Waals surface area contributed by atoms with Crippen molar-refractivity contribution in [2.24, 2.45) is 0 Å². The quantitative estimate of drug-likeness (QED) is 0.765. The number of nitrogens with one attached hydrogen (secondary N) is 3. The Morgan fingerprint density at radius 3 is 2.52 bits per heavy atom. The molecule has 0 aliphatic carbocycles. The van der Waals surface area contributed by atoms with Crippen molar-refractivity contribution in [1.82, 2.24) is 10.2 Å². The molecule has 1 atom stereocenters. The standard InChI is InChI=1S/C15H20N4O4/c1-3-23-15(22)18-12-6-4-11(5-7-12)17-10(2)13(20)19-9-8-16-14(19)21/h4-7,10,17H,3,8-9H2,1-2H3,(H,16,21)(H,18,22)/t10-/m0/s1. The average Bonchev–Trinajstić information content (AvgIpc) is 2.94. The van der Waals surface area contributed by atoms with Crippen LogP contribution in [0.3, 0.4) is 0 Å². The van der Waals surface area contributed by atoms with Crippen LogP contribution in [-0.2, 0) is 9.53 Å². The molecular formula is C15H20N4O4. The van der Waals surface area contributed by atoms with Gasteiger partial charge in [0.05, 0.1) is 6.61 Å². The van der Waals surface area contributed by atoms with Crippen LogP contribution in [0.25, 0.3) is 0 Å². The highest BCUT2D eigenvalue weighted by atomic mass is 16.5. The molecule has 8 heteroatoms. The highest BCUT2D eigenvalue weighted by Gasteiger charge is 2.29. The van der Waals surface area contributed by atoms with E-state index < -0.39 is 12.1 Å². The molecule has 3 N–H and O–H groups in total. The Kier molecular flexibility index (Phi) is 5.40. The SMILES string of the molecule is CCOC(=O)Nc1ccc(N[C@@H](C)C(=O)N2CCNC2=O)cc1. The van der Waals surface area contributed by atoms with Gasteiger partial charge in [0.2, 0.25) is 0 Å². The molecule has 0 radical (unpaired) electrons. The van der Waals surface area contributed by atoms with Gasteiger partial charge in [0.15, 0.2) is 0 Å². The lowest BCUT2D eigenvalue weighted by atomic mass is 10.2.